The van der Waals surface area contributed by atoms with E-state index in [0.717, 1.165) is 57.8 Å². The number of esters is 1. The Labute approximate surface area is 497 Å². The average Bonchev–Trinajstić information content (AvgIpc) is 3.42. The largest absolute Gasteiger partial charge is 0.472 e. The van der Waals surface area contributed by atoms with Gasteiger partial charge < -0.3 is 19.4 Å². The Kier molecular flexibility index (Phi) is 59.0. The zero-order chi connectivity index (χ0) is 58.6. The first-order chi connectivity index (χ1) is 38.9. The van der Waals surface area contributed by atoms with Gasteiger partial charge in [-0.2, -0.15) is 0 Å². The van der Waals surface area contributed by atoms with Crippen molar-refractivity contribution in [3.05, 3.63) is 36.5 Å². The van der Waals surface area contributed by atoms with Gasteiger partial charge in [0.15, 0.2) is 0 Å². The predicted octanol–water partition coefficient (Wildman–Crippen LogP) is 21.8. The summed E-state index contributed by atoms with van der Waals surface area (Å²) >= 11 is 0. The van der Waals surface area contributed by atoms with Gasteiger partial charge in [-0.1, -0.05) is 289 Å². The van der Waals surface area contributed by atoms with Crippen molar-refractivity contribution >= 4 is 19.7 Å². The van der Waals surface area contributed by atoms with Crippen molar-refractivity contribution in [2.45, 2.75) is 360 Å². The van der Waals surface area contributed by atoms with Gasteiger partial charge >= 0.3 is 13.8 Å². The lowest BCUT2D eigenvalue weighted by Crippen LogP contribution is -2.47. The number of allylic oxidation sites excluding steroid dienone is 5. The number of phosphoric acid groups is 1. The molecule has 0 rings (SSSR count). The van der Waals surface area contributed by atoms with E-state index < -0.39 is 20.0 Å². The number of amides is 1. The summed E-state index contributed by atoms with van der Waals surface area (Å²) in [6.07, 6.45) is 74.4. The van der Waals surface area contributed by atoms with E-state index in [1.54, 1.807) is 0 Å². The van der Waals surface area contributed by atoms with Crippen molar-refractivity contribution in [3.8, 4) is 0 Å². The lowest BCUT2D eigenvalue weighted by molar-refractivity contribution is -0.870. The van der Waals surface area contributed by atoms with Crippen LogP contribution in [0.1, 0.15) is 348 Å². The molecule has 0 aromatic carbocycles. The molecule has 0 radical (unpaired) electrons. The van der Waals surface area contributed by atoms with E-state index in [1.807, 2.05) is 33.3 Å². The topological polar surface area (TPSA) is 111 Å². The Morgan fingerprint density at radius 1 is 0.425 bits per heavy atom. The molecule has 1 amide bonds. The molecule has 0 saturated carbocycles. The predicted molar refractivity (Wildman–Crippen MR) is 346 cm³/mol. The van der Waals surface area contributed by atoms with Crippen molar-refractivity contribution in [1.82, 2.24) is 5.32 Å². The summed E-state index contributed by atoms with van der Waals surface area (Å²) in [5.74, 6) is -0.493. The van der Waals surface area contributed by atoms with Crippen LogP contribution in [0.15, 0.2) is 36.5 Å². The molecule has 0 aromatic rings. The molecule has 472 valence electrons. The Balaban J connectivity index is 5.04. The van der Waals surface area contributed by atoms with E-state index >= 15 is 0 Å². The molecular weight excluding hydrogens is 1010 g/mol. The van der Waals surface area contributed by atoms with Crippen LogP contribution < -0.4 is 5.32 Å². The molecule has 0 aliphatic rings. The Morgan fingerprint density at radius 2 is 0.725 bits per heavy atom. The van der Waals surface area contributed by atoms with E-state index in [9.17, 15) is 19.0 Å². The molecule has 10 heteroatoms. The van der Waals surface area contributed by atoms with Gasteiger partial charge in [0.25, 0.3) is 0 Å². The standard InChI is InChI=1S/C70H135N2O7P/c1-7-10-13-16-19-22-25-28-30-32-33-34-35-36-37-38-39-41-43-45-48-51-54-57-60-63-70(74)79-68(61-58-55-52-49-46-27-24-21-18-15-12-9-3)67(66-78-80(75,76)77-65-64-72(4,5)6)71-69(73)62-59-56-53-50-47-44-42-40-31-29-26-23-20-17-14-11-8-2/h28-31,58,61,67-68H,7-27,32-57,59-60,62-66H2,1-6H3,(H-,71,73,75,76)/p+1/b30-28+,31-29+,61-58-. The molecule has 0 saturated heterocycles. The van der Waals surface area contributed by atoms with Crippen LogP contribution in [0.5, 0.6) is 0 Å². The SMILES string of the molecule is CCCCCCCC/C=C/CCCCCCCCCCCCCCCCCC(=O)OC(/C=C\CCCCCCCCCCCC)C(COP(=O)(O)OCC[N+](C)(C)C)NC(=O)CCCCCCCCC/C=C/CCCCCCCC. The van der Waals surface area contributed by atoms with Crippen molar-refractivity contribution < 1.29 is 37.3 Å². The second-order valence-electron chi connectivity index (χ2n) is 25.0. The van der Waals surface area contributed by atoms with Crippen molar-refractivity contribution in [1.29, 1.82) is 0 Å². The molecule has 80 heavy (non-hydrogen) atoms. The van der Waals surface area contributed by atoms with Gasteiger partial charge in [-0.3, -0.25) is 18.6 Å². The third-order valence-electron chi connectivity index (χ3n) is 15.8. The van der Waals surface area contributed by atoms with Crippen LogP contribution in [0.2, 0.25) is 0 Å². The normalized spacial score (nSPS) is 13.7. The molecule has 0 heterocycles. The number of phosphoric ester groups is 1. The molecule has 0 fully saturated rings. The Hall–Kier alpha value is -1.77. The van der Waals surface area contributed by atoms with Crippen molar-refractivity contribution in [2.24, 2.45) is 0 Å². The monoisotopic (exact) mass is 1150 g/mol. The zero-order valence-corrected chi connectivity index (χ0v) is 55.0. The first kappa shape index (κ1) is 78.2. The fourth-order valence-corrected chi connectivity index (χ4v) is 11.1. The van der Waals surface area contributed by atoms with E-state index in [2.05, 4.69) is 50.4 Å². The fraction of sp³-hybridized carbons (Fsp3) is 0.886. The summed E-state index contributed by atoms with van der Waals surface area (Å²) in [5.41, 5.74) is 0. The maximum absolute atomic E-state index is 13.6. The minimum absolute atomic E-state index is 0.0418. The van der Waals surface area contributed by atoms with Gasteiger partial charge in [-0.25, -0.2) is 4.57 Å². The van der Waals surface area contributed by atoms with Crippen LogP contribution in [0.25, 0.3) is 0 Å². The maximum Gasteiger partial charge on any atom is 0.472 e. The lowest BCUT2D eigenvalue weighted by atomic mass is 10.0. The molecular formula is C70H136N2O7P+. The summed E-state index contributed by atoms with van der Waals surface area (Å²) < 4.78 is 30.8. The summed E-state index contributed by atoms with van der Waals surface area (Å²) in [6, 6.07) is -0.848. The third kappa shape index (κ3) is 60.8. The van der Waals surface area contributed by atoms with Crippen LogP contribution >= 0.6 is 7.82 Å². The number of nitrogens with one attached hydrogen (secondary N) is 1. The highest BCUT2D eigenvalue weighted by Gasteiger charge is 2.30. The number of unbranched alkanes of at least 4 members (excludes halogenated alkanes) is 44. The zero-order valence-electron chi connectivity index (χ0n) is 54.1. The van der Waals surface area contributed by atoms with Gasteiger partial charge in [-0.05, 0) is 83.1 Å². The highest BCUT2D eigenvalue weighted by atomic mass is 31.2. The van der Waals surface area contributed by atoms with Crippen molar-refractivity contribution in [2.75, 3.05) is 40.9 Å². The molecule has 9 nitrogen and oxygen atoms in total. The van der Waals surface area contributed by atoms with Gasteiger partial charge in [0.05, 0.1) is 33.8 Å². The number of rotatable bonds is 64. The third-order valence-corrected chi connectivity index (χ3v) is 16.8. The molecule has 3 atom stereocenters. The average molecular weight is 1150 g/mol. The van der Waals surface area contributed by atoms with Gasteiger partial charge in [0, 0.05) is 12.8 Å². The number of carbonyl (C=O) groups excluding carboxylic acids is 2. The first-order valence-corrected chi connectivity index (χ1v) is 36.3. The smallest absolute Gasteiger partial charge is 0.456 e. The molecule has 0 aliphatic carbocycles. The quantitative estimate of drug-likeness (QED) is 0.0205. The van der Waals surface area contributed by atoms with Crippen LogP contribution in [0.3, 0.4) is 0 Å². The first-order valence-electron chi connectivity index (χ1n) is 34.8. The van der Waals surface area contributed by atoms with Gasteiger partial charge in [0.2, 0.25) is 5.91 Å². The number of nitrogens with zero attached hydrogens (tertiary/aromatic N) is 1. The minimum Gasteiger partial charge on any atom is -0.456 e. The van der Waals surface area contributed by atoms with Gasteiger partial charge in [-0.15, -0.1) is 0 Å². The number of hydrogen-bond acceptors (Lipinski definition) is 6. The number of quaternary nitrogens is 1. The van der Waals surface area contributed by atoms with Crippen molar-refractivity contribution in [3.63, 3.8) is 0 Å². The summed E-state index contributed by atoms with van der Waals surface area (Å²) in [5, 5.41) is 3.07. The van der Waals surface area contributed by atoms with Crippen LogP contribution in [-0.2, 0) is 27.9 Å². The molecule has 0 aromatic heterocycles. The molecule has 3 unspecified atom stereocenters. The number of carbonyl (C=O) groups is 2. The minimum atomic E-state index is -4.45. The highest BCUT2D eigenvalue weighted by molar-refractivity contribution is 7.47. The van der Waals surface area contributed by atoms with Gasteiger partial charge in [0.1, 0.15) is 19.3 Å². The molecule has 0 aliphatic heterocycles. The van der Waals surface area contributed by atoms with E-state index in [-0.39, 0.29) is 25.1 Å². The summed E-state index contributed by atoms with van der Waals surface area (Å²) in [7, 11) is 1.51. The molecule has 0 spiro atoms. The summed E-state index contributed by atoms with van der Waals surface area (Å²) in [6.45, 7) is 7.05. The molecule has 2 N–H and O–H groups in total. The van der Waals surface area contributed by atoms with Crippen LogP contribution in [0, 0.1) is 0 Å². The number of ether oxygens (including phenoxy) is 1. The number of hydrogen-bond donors (Lipinski definition) is 2. The van der Waals surface area contributed by atoms with E-state index in [4.69, 9.17) is 13.8 Å². The highest BCUT2D eigenvalue weighted by Crippen LogP contribution is 2.43. The second-order valence-corrected chi connectivity index (χ2v) is 26.5. The number of likely N-dealkylation sites (N-methyl/N-ethyl adjacent to an activating group) is 1. The second kappa shape index (κ2) is 60.4. The summed E-state index contributed by atoms with van der Waals surface area (Å²) in [4.78, 5) is 37.8. The van der Waals surface area contributed by atoms with Crippen LogP contribution in [-0.4, -0.2) is 74.3 Å². The Morgan fingerprint density at radius 3 is 1.06 bits per heavy atom. The lowest BCUT2D eigenvalue weighted by Gasteiger charge is -2.27. The van der Waals surface area contributed by atoms with Crippen LogP contribution in [0.4, 0.5) is 0 Å². The Bertz CT molecular complexity index is 1460. The van der Waals surface area contributed by atoms with E-state index in [1.165, 1.54) is 257 Å². The maximum atomic E-state index is 13.6. The van der Waals surface area contributed by atoms with E-state index in [0.29, 0.717) is 23.9 Å². The molecule has 0 bridgehead atoms. The fourth-order valence-electron chi connectivity index (χ4n) is 10.4.